The van der Waals surface area contributed by atoms with Gasteiger partial charge in [0.2, 0.25) is 0 Å². The van der Waals surface area contributed by atoms with Gasteiger partial charge in [0.1, 0.15) is 0 Å². The number of thiophene rings is 1. The lowest BCUT2D eigenvalue weighted by atomic mass is 10.0. The first-order valence-corrected chi connectivity index (χ1v) is 5.96. The van der Waals surface area contributed by atoms with Crippen molar-refractivity contribution in [1.29, 1.82) is 0 Å². The highest BCUT2D eigenvalue weighted by Gasteiger charge is 2.31. The molecule has 2 aliphatic rings. The molecule has 3 heterocycles. The molecule has 2 heteroatoms. The Bertz CT molecular complexity index is 580. The van der Waals surface area contributed by atoms with Crippen molar-refractivity contribution in [2.24, 2.45) is 0 Å². The van der Waals surface area contributed by atoms with Gasteiger partial charge in [-0.1, -0.05) is 24.3 Å². The maximum Gasteiger partial charge on any atom is 0.0788 e. The minimum Gasteiger partial charge on any atom is -0.374 e. The number of hydrogen-bond acceptors (Lipinski definition) is 2. The molecule has 0 radical (unpaired) electrons. The van der Waals surface area contributed by atoms with Crippen molar-refractivity contribution in [1.82, 2.24) is 5.32 Å². The van der Waals surface area contributed by atoms with Crippen molar-refractivity contribution in [3.63, 3.8) is 0 Å². The van der Waals surface area contributed by atoms with Crippen LogP contribution in [0.3, 0.4) is 0 Å². The van der Waals surface area contributed by atoms with E-state index in [-0.39, 0.29) is 0 Å². The summed E-state index contributed by atoms with van der Waals surface area (Å²) >= 11 is 1.83. The SMILES string of the molecule is C1=C2NC(c3ccccc32)c2ccsc21. The quantitative estimate of drug-likeness (QED) is 0.705. The van der Waals surface area contributed by atoms with E-state index in [2.05, 4.69) is 47.1 Å². The van der Waals surface area contributed by atoms with Crippen LogP contribution in [0.1, 0.15) is 27.6 Å². The van der Waals surface area contributed by atoms with Gasteiger partial charge in [0.15, 0.2) is 0 Å². The highest BCUT2D eigenvalue weighted by Crippen LogP contribution is 2.44. The van der Waals surface area contributed by atoms with Crippen molar-refractivity contribution in [3.05, 3.63) is 57.3 Å². The topological polar surface area (TPSA) is 12.0 Å². The molecule has 0 spiro atoms. The van der Waals surface area contributed by atoms with Gasteiger partial charge in [0, 0.05) is 16.1 Å². The van der Waals surface area contributed by atoms with Gasteiger partial charge in [-0.25, -0.2) is 0 Å². The summed E-state index contributed by atoms with van der Waals surface area (Å²) in [7, 11) is 0. The molecule has 2 bridgehead atoms. The summed E-state index contributed by atoms with van der Waals surface area (Å²) < 4.78 is 0. The third-order valence-electron chi connectivity index (χ3n) is 3.18. The average molecular weight is 211 g/mol. The van der Waals surface area contributed by atoms with E-state index in [1.54, 1.807) is 0 Å². The van der Waals surface area contributed by atoms with E-state index in [1.165, 1.54) is 27.3 Å². The Labute approximate surface area is 92.1 Å². The molecule has 1 nitrogen and oxygen atoms in total. The van der Waals surface area contributed by atoms with Crippen LogP contribution in [0.5, 0.6) is 0 Å². The minimum atomic E-state index is 0.391. The molecule has 15 heavy (non-hydrogen) atoms. The van der Waals surface area contributed by atoms with Gasteiger partial charge in [-0.2, -0.15) is 0 Å². The predicted octanol–water partition coefficient (Wildman–Crippen LogP) is 3.25. The summed E-state index contributed by atoms with van der Waals surface area (Å²) in [6, 6.07) is 11.3. The maximum absolute atomic E-state index is 3.57. The first-order chi connectivity index (χ1) is 7.43. The highest BCUT2D eigenvalue weighted by atomic mass is 32.1. The highest BCUT2D eigenvalue weighted by molar-refractivity contribution is 7.11. The van der Waals surface area contributed by atoms with E-state index in [1.807, 2.05) is 11.3 Å². The Hall–Kier alpha value is -1.54. The summed E-state index contributed by atoms with van der Waals surface area (Å²) in [4.78, 5) is 1.41. The van der Waals surface area contributed by atoms with Crippen molar-refractivity contribution in [2.75, 3.05) is 0 Å². The van der Waals surface area contributed by atoms with Crippen LogP contribution in [0.15, 0.2) is 35.7 Å². The smallest absolute Gasteiger partial charge is 0.0788 e. The second-order valence-corrected chi connectivity index (χ2v) is 4.91. The predicted molar refractivity (Wildman–Crippen MR) is 63.6 cm³/mol. The molecule has 1 atom stereocenters. The van der Waals surface area contributed by atoms with Crippen molar-refractivity contribution in [2.45, 2.75) is 6.04 Å². The molecular formula is C13H9NS. The fourth-order valence-corrected chi connectivity index (χ4v) is 3.36. The van der Waals surface area contributed by atoms with Gasteiger partial charge in [0.05, 0.1) is 6.04 Å². The van der Waals surface area contributed by atoms with Crippen LogP contribution < -0.4 is 5.32 Å². The Kier molecular flexibility index (Phi) is 1.30. The van der Waals surface area contributed by atoms with Crippen molar-refractivity contribution < 1.29 is 0 Å². The fraction of sp³-hybridized carbons (Fsp3) is 0.0769. The minimum absolute atomic E-state index is 0.391. The van der Waals surface area contributed by atoms with E-state index in [9.17, 15) is 0 Å². The molecule has 0 saturated carbocycles. The number of nitrogens with one attached hydrogen (secondary N) is 1. The average Bonchev–Trinajstić information content (AvgIpc) is 2.85. The zero-order chi connectivity index (χ0) is 9.83. The molecule has 1 aromatic heterocycles. The molecule has 0 fully saturated rings. The normalized spacial score (nSPS) is 20.3. The van der Waals surface area contributed by atoms with E-state index < -0.39 is 0 Å². The van der Waals surface area contributed by atoms with E-state index in [4.69, 9.17) is 0 Å². The molecule has 1 unspecified atom stereocenters. The van der Waals surface area contributed by atoms with E-state index >= 15 is 0 Å². The Morgan fingerprint density at radius 2 is 2.00 bits per heavy atom. The summed E-state index contributed by atoms with van der Waals surface area (Å²) in [5.41, 5.74) is 5.49. The Morgan fingerprint density at radius 3 is 3.00 bits per heavy atom. The number of hydrogen-bond donors (Lipinski definition) is 1. The van der Waals surface area contributed by atoms with Crippen LogP contribution in [-0.2, 0) is 0 Å². The summed E-state index contributed by atoms with van der Waals surface area (Å²) in [6.45, 7) is 0. The Balaban J connectivity index is 2.08. The van der Waals surface area contributed by atoms with Crippen molar-refractivity contribution >= 4 is 23.1 Å². The Morgan fingerprint density at radius 1 is 1.07 bits per heavy atom. The van der Waals surface area contributed by atoms with Crippen molar-refractivity contribution in [3.8, 4) is 0 Å². The second-order valence-electron chi connectivity index (χ2n) is 3.96. The zero-order valence-electron chi connectivity index (χ0n) is 8.03. The molecule has 4 rings (SSSR count). The third-order valence-corrected chi connectivity index (χ3v) is 4.06. The molecule has 1 aromatic carbocycles. The van der Waals surface area contributed by atoms with Crippen LogP contribution in [0.2, 0.25) is 0 Å². The number of benzene rings is 1. The maximum atomic E-state index is 3.57. The molecule has 1 N–H and O–H groups in total. The monoisotopic (exact) mass is 211 g/mol. The lowest BCUT2D eigenvalue weighted by molar-refractivity contribution is 0.780. The third kappa shape index (κ3) is 0.876. The fourth-order valence-electron chi connectivity index (χ4n) is 2.49. The molecule has 0 saturated heterocycles. The van der Waals surface area contributed by atoms with Gasteiger partial charge in [-0.05, 0) is 28.6 Å². The van der Waals surface area contributed by atoms with Gasteiger partial charge < -0.3 is 5.32 Å². The van der Waals surface area contributed by atoms with Crippen LogP contribution in [0, 0.1) is 0 Å². The molecular weight excluding hydrogens is 202 g/mol. The number of fused-ring (bicyclic) bond motifs is 7. The lowest BCUT2D eigenvalue weighted by Gasteiger charge is -2.16. The van der Waals surface area contributed by atoms with E-state index in [0.29, 0.717) is 6.04 Å². The molecule has 0 amide bonds. The second kappa shape index (κ2) is 2.52. The van der Waals surface area contributed by atoms with Crippen LogP contribution >= 0.6 is 11.3 Å². The summed E-state index contributed by atoms with van der Waals surface area (Å²) in [6.07, 6.45) is 2.27. The summed E-state index contributed by atoms with van der Waals surface area (Å²) in [5.74, 6) is 0. The van der Waals surface area contributed by atoms with Gasteiger partial charge >= 0.3 is 0 Å². The van der Waals surface area contributed by atoms with Gasteiger partial charge in [-0.3, -0.25) is 0 Å². The van der Waals surface area contributed by atoms with Crippen LogP contribution in [-0.4, -0.2) is 0 Å². The zero-order valence-corrected chi connectivity index (χ0v) is 8.84. The molecule has 0 aliphatic carbocycles. The first-order valence-electron chi connectivity index (χ1n) is 5.08. The van der Waals surface area contributed by atoms with Gasteiger partial charge in [0.25, 0.3) is 0 Å². The summed E-state index contributed by atoms with van der Waals surface area (Å²) in [5, 5.41) is 5.74. The molecule has 72 valence electrons. The standard InChI is InChI=1S/C13H9NS/c1-2-4-9-8(3-1)11-7-12-10(5-6-15-12)13(9)14-11/h1-7,13-14H. The lowest BCUT2D eigenvalue weighted by Crippen LogP contribution is -2.15. The first kappa shape index (κ1) is 7.71. The van der Waals surface area contributed by atoms with Crippen LogP contribution in [0.25, 0.3) is 11.8 Å². The van der Waals surface area contributed by atoms with Crippen LogP contribution in [0.4, 0.5) is 0 Å². The number of rotatable bonds is 0. The largest absolute Gasteiger partial charge is 0.374 e. The molecule has 2 aliphatic heterocycles. The van der Waals surface area contributed by atoms with E-state index in [0.717, 1.165) is 0 Å². The van der Waals surface area contributed by atoms with Gasteiger partial charge in [-0.15, -0.1) is 11.3 Å². The molecule has 2 aromatic rings.